The summed E-state index contributed by atoms with van der Waals surface area (Å²) in [4.78, 5) is 11.7. The number of benzene rings is 1. The van der Waals surface area contributed by atoms with Gasteiger partial charge in [0.05, 0.1) is 0 Å². The van der Waals surface area contributed by atoms with Gasteiger partial charge in [-0.25, -0.2) is 0 Å². The van der Waals surface area contributed by atoms with Crippen molar-refractivity contribution in [2.75, 3.05) is 13.1 Å². The van der Waals surface area contributed by atoms with Crippen LogP contribution in [0.25, 0.3) is 0 Å². The molecular formula is C13H16N2O. The molecule has 0 aromatic heterocycles. The third kappa shape index (κ3) is 2.31. The highest BCUT2D eigenvalue weighted by molar-refractivity contribution is 5.94. The minimum atomic E-state index is -0.0340. The molecule has 1 aromatic rings. The number of fused-ring (bicyclic) bond motifs is 1. The van der Waals surface area contributed by atoms with Gasteiger partial charge in [-0.15, -0.1) is 6.58 Å². The van der Waals surface area contributed by atoms with Crippen LogP contribution in [0.1, 0.15) is 21.5 Å². The van der Waals surface area contributed by atoms with Crippen LogP contribution in [0, 0.1) is 0 Å². The van der Waals surface area contributed by atoms with Crippen molar-refractivity contribution in [1.29, 1.82) is 0 Å². The van der Waals surface area contributed by atoms with Gasteiger partial charge >= 0.3 is 0 Å². The zero-order valence-corrected chi connectivity index (χ0v) is 9.25. The average molecular weight is 216 g/mol. The fourth-order valence-corrected chi connectivity index (χ4v) is 1.89. The van der Waals surface area contributed by atoms with Gasteiger partial charge in [-0.05, 0) is 36.2 Å². The van der Waals surface area contributed by atoms with Crippen molar-refractivity contribution in [3.63, 3.8) is 0 Å². The quantitative estimate of drug-likeness (QED) is 0.747. The van der Waals surface area contributed by atoms with Gasteiger partial charge in [-0.1, -0.05) is 12.1 Å². The zero-order valence-electron chi connectivity index (χ0n) is 9.25. The van der Waals surface area contributed by atoms with Gasteiger partial charge < -0.3 is 10.6 Å². The monoisotopic (exact) mass is 216 g/mol. The molecule has 0 aliphatic carbocycles. The van der Waals surface area contributed by atoms with Gasteiger partial charge in [0.25, 0.3) is 5.91 Å². The van der Waals surface area contributed by atoms with Gasteiger partial charge in [0, 0.05) is 18.7 Å². The van der Waals surface area contributed by atoms with Gasteiger partial charge in [-0.2, -0.15) is 0 Å². The highest BCUT2D eigenvalue weighted by Crippen LogP contribution is 2.15. The normalized spacial score (nSPS) is 14.0. The van der Waals surface area contributed by atoms with Crippen molar-refractivity contribution in [1.82, 2.24) is 10.6 Å². The molecular weight excluding hydrogens is 200 g/mol. The third-order valence-corrected chi connectivity index (χ3v) is 2.76. The first-order valence-electron chi connectivity index (χ1n) is 5.53. The Hall–Kier alpha value is -1.61. The summed E-state index contributed by atoms with van der Waals surface area (Å²) in [5.41, 5.74) is 3.31. The molecule has 2 rings (SSSR count). The second kappa shape index (κ2) is 4.94. The lowest BCUT2D eigenvalue weighted by Crippen LogP contribution is -2.26. The molecule has 0 atom stereocenters. The Morgan fingerprint density at radius 2 is 2.38 bits per heavy atom. The number of hydrogen-bond acceptors (Lipinski definition) is 2. The summed E-state index contributed by atoms with van der Waals surface area (Å²) >= 11 is 0. The van der Waals surface area contributed by atoms with Crippen LogP contribution in [0.4, 0.5) is 0 Å². The molecule has 1 aliphatic heterocycles. The third-order valence-electron chi connectivity index (χ3n) is 2.76. The first-order valence-corrected chi connectivity index (χ1v) is 5.53. The van der Waals surface area contributed by atoms with Gasteiger partial charge in [0.2, 0.25) is 0 Å². The van der Waals surface area contributed by atoms with Crippen LogP contribution in [0.3, 0.4) is 0 Å². The molecule has 1 aliphatic rings. The van der Waals surface area contributed by atoms with Crippen molar-refractivity contribution < 1.29 is 4.79 Å². The molecule has 1 heterocycles. The van der Waals surface area contributed by atoms with Crippen LogP contribution in [0.5, 0.6) is 0 Å². The summed E-state index contributed by atoms with van der Waals surface area (Å²) in [6.07, 6.45) is 2.72. The van der Waals surface area contributed by atoms with E-state index in [0.717, 1.165) is 25.1 Å². The van der Waals surface area contributed by atoms with Gasteiger partial charge in [-0.3, -0.25) is 4.79 Å². The molecule has 0 radical (unpaired) electrons. The molecule has 3 heteroatoms. The fourth-order valence-electron chi connectivity index (χ4n) is 1.89. The van der Waals surface area contributed by atoms with Crippen LogP contribution < -0.4 is 10.6 Å². The van der Waals surface area contributed by atoms with E-state index in [2.05, 4.69) is 23.3 Å². The number of hydrogen-bond donors (Lipinski definition) is 2. The maximum absolute atomic E-state index is 11.7. The lowest BCUT2D eigenvalue weighted by molar-refractivity contribution is 0.0958. The Morgan fingerprint density at radius 3 is 3.19 bits per heavy atom. The number of nitrogens with one attached hydrogen (secondary N) is 2. The number of carbonyl (C=O) groups excluding carboxylic acids is 1. The number of rotatable bonds is 3. The van der Waals surface area contributed by atoms with E-state index in [1.807, 2.05) is 12.1 Å². The largest absolute Gasteiger partial charge is 0.349 e. The summed E-state index contributed by atoms with van der Waals surface area (Å²) in [5, 5.41) is 6.08. The summed E-state index contributed by atoms with van der Waals surface area (Å²) in [7, 11) is 0. The topological polar surface area (TPSA) is 41.1 Å². The fraction of sp³-hybridized carbons (Fsp3) is 0.308. The maximum atomic E-state index is 11.7. The lowest BCUT2D eigenvalue weighted by atomic mass is 9.98. The Kier molecular flexibility index (Phi) is 3.37. The minimum absolute atomic E-state index is 0.0340. The predicted octanol–water partition coefficient (Wildman–Crippen LogP) is 1.25. The molecule has 0 unspecified atom stereocenters. The summed E-state index contributed by atoms with van der Waals surface area (Å²) in [6.45, 7) is 5.96. The van der Waals surface area contributed by atoms with Crippen molar-refractivity contribution in [2.45, 2.75) is 13.0 Å². The van der Waals surface area contributed by atoms with Gasteiger partial charge in [0.15, 0.2) is 0 Å². The van der Waals surface area contributed by atoms with Crippen LogP contribution in [0.2, 0.25) is 0 Å². The molecule has 0 bridgehead atoms. The highest BCUT2D eigenvalue weighted by atomic mass is 16.1. The van der Waals surface area contributed by atoms with Crippen molar-refractivity contribution in [2.24, 2.45) is 0 Å². The SMILES string of the molecule is C=CCNC(=O)c1ccc2c(c1)CNCC2. The van der Waals surface area contributed by atoms with Crippen LogP contribution >= 0.6 is 0 Å². The smallest absolute Gasteiger partial charge is 0.251 e. The standard InChI is InChI=1S/C13H16N2O/c1-2-6-15-13(16)11-4-3-10-5-7-14-9-12(10)8-11/h2-4,8,14H,1,5-7,9H2,(H,15,16). The van der Waals surface area contributed by atoms with Gasteiger partial charge in [0.1, 0.15) is 0 Å². The molecule has 16 heavy (non-hydrogen) atoms. The number of amides is 1. The Morgan fingerprint density at radius 1 is 1.50 bits per heavy atom. The van der Waals surface area contributed by atoms with Crippen molar-refractivity contribution >= 4 is 5.91 Å². The van der Waals surface area contributed by atoms with E-state index in [1.54, 1.807) is 6.08 Å². The average Bonchev–Trinajstić information content (AvgIpc) is 2.35. The Balaban J connectivity index is 2.16. The van der Waals surface area contributed by atoms with E-state index in [9.17, 15) is 4.79 Å². The molecule has 2 N–H and O–H groups in total. The summed E-state index contributed by atoms with van der Waals surface area (Å²) < 4.78 is 0. The molecule has 1 aromatic carbocycles. The second-order valence-corrected chi connectivity index (χ2v) is 3.91. The zero-order chi connectivity index (χ0) is 11.4. The molecule has 0 fully saturated rings. The second-order valence-electron chi connectivity index (χ2n) is 3.91. The minimum Gasteiger partial charge on any atom is -0.349 e. The number of carbonyl (C=O) groups is 1. The van der Waals surface area contributed by atoms with E-state index in [-0.39, 0.29) is 5.91 Å². The molecule has 1 amide bonds. The molecule has 3 nitrogen and oxygen atoms in total. The van der Waals surface area contributed by atoms with E-state index in [4.69, 9.17) is 0 Å². The lowest BCUT2D eigenvalue weighted by Gasteiger charge is -2.17. The maximum Gasteiger partial charge on any atom is 0.251 e. The Labute approximate surface area is 95.6 Å². The summed E-state index contributed by atoms with van der Waals surface area (Å²) in [6, 6.07) is 5.92. The first kappa shape index (κ1) is 10.9. The molecule has 84 valence electrons. The van der Waals surface area contributed by atoms with Crippen molar-refractivity contribution in [3.8, 4) is 0 Å². The molecule has 0 spiro atoms. The predicted molar refractivity (Wildman–Crippen MR) is 64.4 cm³/mol. The van der Waals surface area contributed by atoms with E-state index in [1.165, 1.54) is 11.1 Å². The van der Waals surface area contributed by atoms with Crippen LogP contribution in [-0.4, -0.2) is 19.0 Å². The Bertz CT molecular complexity index is 412. The van der Waals surface area contributed by atoms with Crippen LogP contribution in [0.15, 0.2) is 30.9 Å². The highest BCUT2D eigenvalue weighted by Gasteiger charge is 2.11. The molecule has 0 saturated carbocycles. The first-order chi connectivity index (χ1) is 7.81. The van der Waals surface area contributed by atoms with Crippen LogP contribution in [-0.2, 0) is 13.0 Å². The summed E-state index contributed by atoms with van der Waals surface area (Å²) in [5.74, 6) is -0.0340. The van der Waals surface area contributed by atoms with Crippen molar-refractivity contribution in [3.05, 3.63) is 47.5 Å². The van der Waals surface area contributed by atoms with E-state index < -0.39 is 0 Å². The van der Waals surface area contributed by atoms with E-state index >= 15 is 0 Å². The molecule has 0 saturated heterocycles. The van der Waals surface area contributed by atoms with E-state index in [0.29, 0.717) is 6.54 Å².